The molecule has 1 aliphatic heterocycles. The van der Waals surface area contributed by atoms with Crippen molar-refractivity contribution in [2.24, 2.45) is 5.84 Å². The Morgan fingerprint density at radius 1 is 1.67 bits per heavy atom. The molecule has 0 amide bonds. The van der Waals surface area contributed by atoms with Gasteiger partial charge in [0.15, 0.2) is 0 Å². The molecule has 2 atom stereocenters. The van der Waals surface area contributed by atoms with E-state index < -0.39 is 0 Å². The van der Waals surface area contributed by atoms with Crippen molar-refractivity contribution in [1.29, 1.82) is 0 Å². The summed E-state index contributed by atoms with van der Waals surface area (Å²) in [6.07, 6.45) is 2.72. The van der Waals surface area contributed by atoms with Crippen molar-refractivity contribution in [3.8, 4) is 0 Å². The molecule has 84 valence electrons. The first-order valence-electron chi connectivity index (χ1n) is 4.93. The lowest BCUT2D eigenvalue weighted by molar-refractivity contribution is -0.101. The Bertz CT molecular complexity index is 275. The molecule has 2 heterocycles. The molecule has 0 bridgehead atoms. The van der Waals surface area contributed by atoms with Crippen LogP contribution < -0.4 is 11.3 Å². The van der Waals surface area contributed by atoms with Crippen molar-refractivity contribution in [2.75, 3.05) is 19.8 Å². The Labute approximate surface area is 92.6 Å². The monoisotopic (exact) mass is 229 g/mol. The lowest BCUT2D eigenvalue weighted by Gasteiger charge is -2.29. The summed E-state index contributed by atoms with van der Waals surface area (Å²) in [5.74, 6) is 5.52. The molecule has 3 N–H and O–H groups in total. The maximum atomic E-state index is 5.60. The number of thiazole rings is 1. The van der Waals surface area contributed by atoms with Gasteiger partial charge < -0.3 is 9.47 Å². The third-order valence-electron chi connectivity index (χ3n) is 2.41. The summed E-state index contributed by atoms with van der Waals surface area (Å²) < 4.78 is 10.9. The molecule has 1 aromatic heterocycles. The molecule has 0 aliphatic carbocycles. The van der Waals surface area contributed by atoms with Gasteiger partial charge in [0.05, 0.1) is 37.5 Å². The molecule has 0 spiro atoms. The van der Waals surface area contributed by atoms with E-state index in [-0.39, 0.29) is 12.1 Å². The minimum Gasteiger partial charge on any atom is -0.376 e. The Kier molecular flexibility index (Phi) is 4.04. The van der Waals surface area contributed by atoms with Gasteiger partial charge in [0, 0.05) is 17.5 Å². The summed E-state index contributed by atoms with van der Waals surface area (Å²) in [6, 6.07) is 0.0887. The summed E-state index contributed by atoms with van der Waals surface area (Å²) in [5.41, 5.74) is 4.60. The van der Waals surface area contributed by atoms with Crippen molar-refractivity contribution in [3.63, 3.8) is 0 Å². The molecule has 0 aromatic carbocycles. The summed E-state index contributed by atoms with van der Waals surface area (Å²) >= 11 is 1.63. The van der Waals surface area contributed by atoms with Gasteiger partial charge in [-0.1, -0.05) is 0 Å². The van der Waals surface area contributed by atoms with Gasteiger partial charge in [-0.3, -0.25) is 16.3 Å². The predicted molar refractivity (Wildman–Crippen MR) is 57.5 cm³/mol. The van der Waals surface area contributed by atoms with Crippen LogP contribution in [0.2, 0.25) is 0 Å². The highest BCUT2D eigenvalue weighted by molar-refractivity contribution is 7.09. The summed E-state index contributed by atoms with van der Waals surface area (Å²) in [7, 11) is 0. The van der Waals surface area contributed by atoms with E-state index in [1.165, 1.54) is 4.88 Å². The maximum absolute atomic E-state index is 5.60. The molecule has 1 aliphatic rings. The lowest BCUT2D eigenvalue weighted by Crippen LogP contribution is -2.50. The van der Waals surface area contributed by atoms with Gasteiger partial charge >= 0.3 is 0 Å². The first-order chi connectivity index (χ1) is 7.40. The minimum absolute atomic E-state index is 0.0332. The van der Waals surface area contributed by atoms with Gasteiger partial charge in [-0.2, -0.15) is 0 Å². The fourth-order valence-electron chi connectivity index (χ4n) is 1.60. The van der Waals surface area contributed by atoms with Crippen molar-refractivity contribution < 1.29 is 9.47 Å². The van der Waals surface area contributed by atoms with Crippen LogP contribution in [0.3, 0.4) is 0 Å². The van der Waals surface area contributed by atoms with E-state index in [4.69, 9.17) is 15.3 Å². The zero-order valence-corrected chi connectivity index (χ0v) is 9.20. The number of nitrogens with two attached hydrogens (primary N) is 1. The minimum atomic E-state index is 0.0332. The molecule has 15 heavy (non-hydrogen) atoms. The molecule has 5 nitrogen and oxygen atoms in total. The van der Waals surface area contributed by atoms with E-state index in [0.29, 0.717) is 19.8 Å². The third kappa shape index (κ3) is 2.96. The van der Waals surface area contributed by atoms with Crippen LogP contribution in [0.5, 0.6) is 0 Å². The van der Waals surface area contributed by atoms with Crippen molar-refractivity contribution >= 4 is 11.3 Å². The van der Waals surface area contributed by atoms with E-state index in [0.717, 1.165) is 6.42 Å². The highest BCUT2D eigenvalue weighted by atomic mass is 32.1. The van der Waals surface area contributed by atoms with Crippen LogP contribution >= 0.6 is 11.3 Å². The number of ether oxygens (including phenoxy) is 2. The van der Waals surface area contributed by atoms with E-state index in [1.54, 1.807) is 11.3 Å². The lowest BCUT2D eigenvalue weighted by atomic mass is 10.1. The average molecular weight is 229 g/mol. The zero-order valence-electron chi connectivity index (χ0n) is 8.39. The molecular weight excluding hydrogens is 214 g/mol. The van der Waals surface area contributed by atoms with E-state index in [2.05, 4.69) is 10.4 Å². The van der Waals surface area contributed by atoms with E-state index >= 15 is 0 Å². The molecular formula is C9H15N3O2S. The predicted octanol–water partition coefficient (Wildman–Crippen LogP) is -0.0671. The van der Waals surface area contributed by atoms with Crippen LogP contribution in [0.15, 0.2) is 11.7 Å². The quantitative estimate of drug-likeness (QED) is 0.559. The average Bonchev–Trinajstić information content (AvgIpc) is 2.80. The van der Waals surface area contributed by atoms with Crippen molar-refractivity contribution in [2.45, 2.75) is 18.6 Å². The van der Waals surface area contributed by atoms with Gasteiger partial charge in [0.25, 0.3) is 0 Å². The number of aromatic nitrogens is 1. The smallest absolute Gasteiger partial charge is 0.0979 e. The second-order valence-corrected chi connectivity index (χ2v) is 4.40. The Morgan fingerprint density at radius 3 is 3.20 bits per heavy atom. The van der Waals surface area contributed by atoms with Gasteiger partial charge in [-0.15, -0.1) is 11.3 Å². The molecule has 2 unspecified atom stereocenters. The Hall–Kier alpha value is -0.530. The normalized spacial score (nSPS) is 23.9. The van der Waals surface area contributed by atoms with Gasteiger partial charge in [0.2, 0.25) is 0 Å². The fraction of sp³-hybridized carbons (Fsp3) is 0.667. The van der Waals surface area contributed by atoms with Gasteiger partial charge in [0.1, 0.15) is 0 Å². The van der Waals surface area contributed by atoms with Crippen LogP contribution in [0, 0.1) is 0 Å². The van der Waals surface area contributed by atoms with Crippen LogP contribution in [-0.4, -0.2) is 37.0 Å². The standard InChI is InChI=1S/C9H15N3O2S/c10-12-8(3-7-4-11-6-15-7)9-5-13-1-2-14-9/h4,6,8-9,12H,1-3,5,10H2. The third-order valence-corrected chi connectivity index (χ3v) is 3.21. The number of nitrogens with zero attached hydrogens (tertiary/aromatic N) is 1. The largest absolute Gasteiger partial charge is 0.376 e. The number of hydrogen-bond donors (Lipinski definition) is 2. The van der Waals surface area contributed by atoms with Gasteiger partial charge in [-0.05, 0) is 0 Å². The molecule has 0 radical (unpaired) electrons. The molecule has 1 fully saturated rings. The van der Waals surface area contributed by atoms with Crippen LogP contribution in [-0.2, 0) is 15.9 Å². The van der Waals surface area contributed by atoms with Gasteiger partial charge in [-0.25, -0.2) is 0 Å². The molecule has 2 rings (SSSR count). The van der Waals surface area contributed by atoms with Crippen LogP contribution in [0.1, 0.15) is 4.88 Å². The number of hydrogen-bond acceptors (Lipinski definition) is 6. The zero-order chi connectivity index (χ0) is 10.5. The first-order valence-corrected chi connectivity index (χ1v) is 5.81. The Balaban J connectivity index is 1.91. The number of rotatable bonds is 4. The van der Waals surface area contributed by atoms with Crippen LogP contribution in [0.25, 0.3) is 0 Å². The number of hydrazine groups is 1. The maximum Gasteiger partial charge on any atom is 0.0979 e. The van der Waals surface area contributed by atoms with Crippen LogP contribution in [0.4, 0.5) is 0 Å². The first kappa shape index (κ1) is 11.0. The second-order valence-electron chi connectivity index (χ2n) is 3.43. The fourth-order valence-corrected chi connectivity index (χ4v) is 2.25. The summed E-state index contributed by atoms with van der Waals surface area (Å²) in [4.78, 5) is 5.23. The summed E-state index contributed by atoms with van der Waals surface area (Å²) in [6.45, 7) is 1.92. The van der Waals surface area contributed by atoms with Crippen molar-refractivity contribution in [3.05, 3.63) is 16.6 Å². The molecule has 1 aromatic rings. The molecule has 6 heteroatoms. The second kappa shape index (κ2) is 5.53. The Morgan fingerprint density at radius 2 is 2.60 bits per heavy atom. The molecule has 0 saturated carbocycles. The molecule has 1 saturated heterocycles. The summed E-state index contributed by atoms with van der Waals surface area (Å²) in [5, 5.41) is 0. The highest BCUT2D eigenvalue weighted by Crippen LogP contribution is 2.13. The van der Waals surface area contributed by atoms with Crippen molar-refractivity contribution in [1.82, 2.24) is 10.4 Å². The topological polar surface area (TPSA) is 69.4 Å². The number of nitrogens with one attached hydrogen (secondary N) is 1. The van der Waals surface area contributed by atoms with E-state index in [1.807, 2.05) is 11.7 Å². The SMILES string of the molecule is NNC(Cc1cncs1)C1COCCO1. The van der Waals surface area contributed by atoms with E-state index in [9.17, 15) is 0 Å². The highest BCUT2D eigenvalue weighted by Gasteiger charge is 2.24.